The highest BCUT2D eigenvalue weighted by Gasteiger charge is 2.39. The summed E-state index contributed by atoms with van der Waals surface area (Å²) in [6, 6.07) is 36.3. The lowest BCUT2D eigenvalue weighted by molar-refractivity contribution is 0.533. The van der Waals surface area contributed by atoms with E-state index in [0.717, 1.165) is 15.7 Å². The summed E-state index contributed by atoms with van der Waals surface area (Å²) in [7, 11) is 0. The zero-order valence-electron chi connectivity index (χ0n) is 16.7. The number of nitrogens with zero attached hydrogens (tertiary/aromatic N) is 1. The number of halogens is 2. The first kappa shape index (κ1) is 20.3. The molecule has 0 atom stereocenters. The van der Waals surface area contributed by atoms with E-state index in [1.165, 1.54) is 25.6 Å². The van der Waals surface area contributed by atoms with Crippen LogP contribution in [-0.2, 0) is 5.54 Å². The van der Waals surface area contributed by atoms with Crippen LogP contribution in [0, 0.1) is 3.57 Å². The Balaban J connectivity index is 1.99. The summed E-state index contributed by atoms with van der Waals surface area (Å²) in [4.78, 5) is 0. The first-order chi connectivity index (χ1) is 15.1. The minimum atomic E-state index is -0.550. The molecule has 152 valence electrons. The smallest absolute Gasteiger partial charge is 0.120 e. The lowest BCUT2D eigenvalue weighted by Gasteiger charge is -2.38. The number of benzene rings is 4. The van der Waals surface area contributed by atoms with E-state index >= 15 is 0 Å². The maximum Gasteiger partial charge on any atom is 0.120 e. The van der Waals surface area contributed by atoms with E-state index in [1.54, 1.807) is 0 Å². The molecule has 0 unspecified atom stereocenters. The summed E-state index contributed by atoms with van der Waals surface area (Å²) >= 11 is 6.03. The van der Waals surface area contributed by atoms with Crippen LogP contribution in [0.15, 0.2) is 114 Å². The standard InChI is InChI=1S/C27H20BrIN2/c28-23-16-22-24(29)18-31(26(22)17-25(23)30)27(19-10-4-1-5-11-19,20-12-6-2-7-13-20)21-14-8-3-9-15-21/h1-18H,30H2. The van der Waals surface area contributed by atoms with Gasteiger partial charge in [0.1, 0.15) is 5.54 Å². The molecule has 2 nitrogen and oxygen atoms in total. The van der Waals surface area contributed by atoms with Crippen molar-refractivity contribution >= 4 is 55.1 Å². The van der Waals surface area contributed by atoms with E-state index in [-0.39, 0.29) is 0 Å². The topological polar surface area (TPSA) is 30.9 Å². The highest BCUT2D eigenvalue weighted by molar-refractivity contribution is 14.1. The predicted molar refractivity (Wildman–Crippen MR) is 141 cm³/mol. The van der Waals surface area contributed by atoms with E-state index in [9.17, 15) is 0 Å². The molecule has 31 heavy (non-hydrogen) atoms. The maximum atomic E-state index is 6.36. The monoisotopic (exact) mass is 578 g/mol. The fourth-order valence-electron chi connectivity index (χ4n) is 4.45. The van der Waals surface area contributed by atoms with Crippen LogP contribution in [0.5, 0.6) is 0 Å². The molecule has 0 saturated carbocycles. The average Bonchev–Trinajstić information content (AvgIpc) is 3.12. The van der Waals surface area contributed by atoms with Gasteiger partial charge in [0.15, 0.2) is 0 Å². The van der Waals surface area contributed by atoms with E-state index < -0.39 is 5.54 Å². The lowest BCUT2D eigenvalue weighted by Crippen LogP contribution is -2.37. The van der Waals surface area contributed by atoms with Gasteiger partial charge in [0, 0.05) is 25.3 Å². The predicted octanol–water partition coefficient (Wildman–Crippen LogP) is 7.43. The van der Waals surface area contributed by atoms with Crippen LogP contribution in [-0.4, -0.2) is 4.57 Å². The molecule has 0 bridgehead atoms. The summed E-state index contributed by atoms with van der Waals surface area (Å²) in [5, 5.41) is 1.17. The molecule has 0 radical (unpaired) electrons. The van der Waals surface area contributed by atoms with Gasteiger partial charge in [0.2, 0.25) is 0 Å². The normalized spacial score (nSPS) is 11.7. The van der Waals surface area contributed by atoms with Gasteiger partial charge >= 0.3 is 0 Å². The van der Waals surface area contributed by atoms with Gasteiger partial charge in [0.25, 0.3) is 0 Å². The van der Waals surface area contributed by atoms with Crippen LogP contribution >= 0.6 is 38.5 Å². The van der Waals surface area contributed by atoms with Gasteiger partial charge < -0.3 is 10.3 Å². The minimum Gasteiger partial charge on any atom is -0.398 e. The molecule has 0 spiro atoms. The Morgan fingerprint density at radius 1 is 0.710 bits per heavy atom. The molecule has 0 aliphatic rings. The number of rotatable bonds is 4. The molecule has 0 fully saturated rings. The number of hydrogen-bond acceptors (Lipinski definition) is 1. The van der Waals surface area contributed by atoms with Gasteiger partial charge in [-0.15, -0.1) is 0 Å². The largest absolute Gasteiger partial charge is 0.398 e. The highest BCUT2D eigenvalue weighted by Crippen LogP contribution is 2.44. The molecule has 1 aromatic heterocycles. The molecule has 0 aliphatic heterocycles. The summed E-state index contributed by atoms with van der Waals surface area (Å²) < 4.78 is 4.48. The van der Waals surface area contributed by atoms with E-state index in [0.29, 0.717) is 0 Å². The molecule has 1 heterocycles. The van der Waals surface area contributed by atoms with Crippen LogP contribution in [0.4, 0.5) is 5.69 Å². The summed E-state index contributed by atoms with van der Waals surface area (Å²) in [6.45, 7) is 0. The Hall–Kier alpha value is -2.57. The Bertz CT molecular complexity index is 1250. The molecule has 0 amide bonds. The molecule has 0 saturated heterocycles. The highest BCUT2D eigenvalue weighted by atomic mass is 127. The number of aromatic nitrogens is 1. The zero-order chi connectivity index (χ0) is 21.4. The van der Waals surface area contributed by atoms with E-state index in [2.05, 4.69) is 152 Å². The van der Waals surface area contributed by atoms with Crippen LogP contribution < -0.4 is 5.73 Å². The molecular formula is C27H20BrIN2. The molecule has 5 aromatic rings. The van der Waals surface area contributed by atoms with Crippen molar-refractivity contribution < 1.29 is 0 Å². The van der Waals surface area contributed by atoms with Crippen molar-refractivity contribution in [1.82, 2.24) is 4.57 Å². The third-order valence-electron chi connectivity index (χ3n) is 5.81. The summed E-state index contributed by atoms with van der Waals surface area (Å²) in [5.41, 5.74) is 11.2. The number of fused-ring (bicyclic) bond motifs is 1. The van der Waals surface area contributed by atoms with Gasteiger partial charge in [0.05, 0.1) is 5.52 Å². The summed E-state index contributed by atoms with van der Waals surface area (Å²) in [5.74, 6) is 0. The quantitative estimate of drug-likeness (QED) is 0.134. The molecule has 4 aromatic carbocycles. The van der Waals surface area contributed by atoms with Gasteiger partial charge in [-0.2, -0.15) is 0 Å². The minimum absolute atomic E-state index is 0.550. The van der Waals surface area contributed by atoms with E-state index in [1.807, 2.05) is 0 Å². The molecule has 2 N–H and O–H groups in total. The zero-order valence-corrected chi connectivity index (χ0v) is 20.4. The van der Waals surface area contributed by atoms with Crippen molar-refractivity contribution in [2.45, 2.75) is 5.54 Å². The second-order valence-electron chi connectivity index (χ2n) is 7.55. The average molecular weight is 579 g/mol. The maximum absolute atomic E-state index is 6.36. The van der Waals surface area contributed by atoms with Crippen LogP contribution in [0.3, 0.4) is 0 Å². The van der Waals surface area contributed by atoms with Gasteiger partial charge in [-0.1, -0.05) is 91.0 Å². The lowest BCUT2D eigenvalue weighted by atomic mass is 9.76. The van der Waals surface area contributed by atoms with Crippen molar-refractivity contribution in [3.05, 3.63) is 134 Å². The second-order valence-corrected chi connectivity index (χ2v) is 9.56. The van der Waals surface area contributed by atoms with Crippen molar-refractivity contribution in [2.24, 2.45) is 0 Å². The molecule has 5 rings (SSSR count). The fourth-order valence-corrected chi connectivity index (χ4v) is 5.51. The SMILES string of the molecule is Nc1cc2c(cc1Br)c(I)cn2C(c1ccccc1)(c1ccccc1)c1ccccc1. The van der Waals surface area contributed by atoms with Gasteiger partial charge in [-0.05, 0) is 67.3 Å². The Kier molecular flexibility index (Phi) is 5.36. The van der Waals surface area contributed by atoms with Crippen molar-refractivity contribution in [3.63, 3.8) is 0 Å². The van der Waals surface area contributed by atoms with Crippen molar-refractivity contribution in [1.29, 1.82) is 0 Å². The number of hydrogen-bond donors (Lipinski definition) is 1. The van der Waals surface area contributed by atoms with Gasteiger partial charge in [-0.3, -0.25) is 0 Å². The van der Waals surface area contributed by atoms with Gasteiger partial charge in [-0.25, -0.2) is 0 Å². The van der Waals surface area contributed by atoms with Crippen LogP contribution in [0.1, 0.15) is 16.7 Å². The van der Waals surface area contributed by atoms with Crippen molar-refractivity contribution in [2.75, 3.05) is 5.73 Å². The number of anilines is 1. The van der Waals surface area contributed by atoms with Crippen LogP contribution in [0.25, 0.3) is 10.9 Å². The summed E-state index contributed by atoms with van der Waals surface area (Å²) in [6.07, 6.45) is 2.24. The second kappa shape index (κ2) is 8.17. The van der Waals surface area contributed by atoms with Crippen molar-refractivity contribution in [3.8, 4) is 0 Å². The molecular weight excluding hydrogens is 559 g/mol. The third kappa shape index (κ3) is 3.29. The molecule has 0 aliphatic carbocycles. The third-order valence-corrected chi connectivity index (χ3v) is 7.36. The fraction of sp³-hybridized carbons (Fsp3) is 0.0370. The van der Waals surface area contributed by atoms with E-state index in [4.69, 9.17) is 5.73 Å². The Morgan fingerprint density at radius 3 is 1.61 bits per heavy atom. The first-order valence-electron chi connectivity index (χ1n) is 10.0. The van der Waals surface area contributed by atoms with Crippen LogP contribution in [0.2, 0.25) is 0 Å². The Labute approximate surface area is 204 Å². The molecule has 4 heteroatoms. The first-order valence-corrected chi connectivity index (χ1v) is 11.9. The number of nitrogen functional groups attached to an aromatic ring is 1. The Morgan fingerprint density at radius 2 is 1.16 bits per heavy atom. The number of nitrogens with two attached hydrogens (primary N) is 1.